The van der Waals surface area contributed by atoms with Gasteiger partial charge in [-0.1, -0.05) is 6.92 Å². The third kappa shape index (κ3) is 7.97. The van der Waals surface area contributed by atoms with Crippen molar-refractivity contribution in [3.05, 3.63) is 0 Å². The van der Waals surface area contributed by atoms with Crippen molar-refractivity contribution in [2.45, 2.75) is 52.6 Å². The van der Waals surface area contributed by atoms with Crippen molar-refractivity contribution in [3.63, 3.8) is 0 Å². The van der Waals surface area contributed by atoms with Crippen LogP contribution in [0.2, 0.25) is 0 Å². The minimum atomic E-state index is -0.404. The SMILES string of the molecule is CCC(C)(C)OC(=O)CCCOC(C)=O. The fraction of sp³-hybridized carbons (Fsp3) is 0.818. The summed E-state index contributed by atoms with van der Waals surface area (Å²) in [5.41, 5.74) is -0.404. The van der Waals surface area contributed by atoms with Gasteiger partial charge in [-0.15, -0.1) is 0 Å². The van der Waals surface area contributed by atoms with E-state index < -0.39 is 5.60 Å². The molecule has 0 atom stereocenters. The van der Waals surface area contributed by atoms with Crippen molar-refractivity contribution in [3.8, 4) is 0 Å². The normalized spacial score (nSPS) is 10.9. The van der Waals surface area contributed by atoms with Gasteiger partial charge < -0.3 is 9.47 Å². The summed E-state index contributed by atoms with van der Waals surface area (Å²) in [6.45, 7) is 7.33. The fourth-order valence-corrected chi connectivity index (χ4v) is 0.864. The first-order valence-electron chi connectivity index (χ1n) is 5.22. The highest BCUT2D eigenvalue weighted by atomic mass is 16.6. The fourth-order valence-electron chi connectivity index (χ4n) is 0.864. The van der Waals surface area contributed by atoms with Gasteiger partial charge >= 0.3 is 11.9 Å². The van der Waals surface area contributed by atoms with E-state index >= 15 is 0 Å². The lowest BCUT2D eigenvalue weighted by atomic mass is 10.1. The number of carbonyl (C=O) groups excluding carboxylic acids is 2. The summed E-state index contributed by atoms with van der Waals surface area (Å²) in [4.78, 5) is 21.7. The van der Waals surface area contributed by atoms with Crippen molar-refractivity contribution >= 4 is 11.9 Å². The molecule has 0 fully saturated rings. The first-order valence-corrected chi connectivity index (χ1v) is 5.22. The standard InChI is InChI=1S/C11H20O4/c1-5-11(3,4)15-10(13)7-6-8-14-9(2)12/h5-8H2,1-4H3. The van der Waals surface area contributed by atoms with E-state index in [4.69, 9.17) is 9.47 Å². The molecule has 88 valence electrons. The second-order valence-corrected chi connectivity index (χ2v) is 4.03. The molecule has 15 heavy (non-hydrogen) atoms. The molecule has 0 aromatic carbocycles. The van der Waals surface area contributed by atoms with Crippen LogP contribution in [-0.2, 0) is 19.1 Å². The van der Waals surface area contributed by atoms with E-state index in [1.54, 1.807) is 0 Å². The summed E-state index contributed by atoms with van der Waals surface area (Å²) in [7, 11) is 0. The van der Waals surface area contributed by atoms with Gasteiger partial charge in [-0.3, -0.25) is 9.59 Å². The minimum absolute atomic E-state index is 0.242. The highest BCUT2D eigenvalue weighted by Gasteiger charge is 2.19. The Kier molecular flexibility index (Phi) is 5.97. The zero-order valence-electron chi connectivity index (χ0n) is 9.96. The van der Waals surface area contributed by atoms with Crippen LogP contribution < -0.4 is 0 Å². The van der Waals surface area contributed by atoms with Crippen LogP contribution in [0.3, 0.4) is 0 Å². The molecule has 0 radical (unpaired) electrons. The second-order valence-electron chi connectivity index (χ2n) is 4.03. The van der Waals surface area contributed by atoms with Crippen LogP contribution in [0.4, 0.5) is 0 Å². The van der Waals surface area contributed by atoms with Crippen molar-refractivity contribution in [2.24, 2.45) is 0 Å². The predicted octanol–water partition coefficient (Wildman–Crippen LogP) is 2.06. The lowest BCUT2D eigenvalue weighted by molar-refractivity contribution is -0.157. The number of rotatable bonds is 6. The molecular formula is C11H20O4. The molecule has 0 amide bonds. The first kappa shape index (κ1) is 13.9. The molecule has 0 spiro atoms. The zero-order valence-corrected chi connectivity index (χ0v) is 9.96. The first-order chi connectivity index (χ1) is 6.87. The van der Waals surface area contributed by atoms with Gasteiger partial charge in [0.05, 0.1) is 6.61 Å². The molecule has 4 nitrogen and oxygen atoms in total. The molecule has 0 saturated heterocycles. The number of carbonyl (C=O) groups is 2. The molecule has 4 heteroatoms. The molecule has 0 aliphatic rings. The highest BCUT2D eigenvalue weighted by Crippen LogP contribution is 2.14. The summed E-state index contributed by atoms with van der Waals surface area (Å²) in [5, 5.41) is 0. The molecule has 0 saturated carbocycles. The predicted molar refractivity (Wildman–Crippen MR) is 56.3 cm³/mol. The van der Waals surface area contributed by atoms with Crippen LogP contribution in [-0.4, -0.2) is 24.1 Å². The minimum Gasteiger partial charge on any atom is -0.466 e. The van der Waals surface area contributed by atoms with Gasteiger partial charge in [-0.2, -0.15) is 0 Å². The molecular weight excluding hydrogens is 196 g/mol. The average Bonchev–Trinajstić information content (AvgIpc) is 2.11. The quantitative estimate of drug-likeness (QED) is 0.503. The van der Waals surface area contributed by atoms with Crippen LogP contribution in [0.5, 0.6) is 0 Å². The second kappa shape index (κ2) is 6.43. The Labute approximate surface area is 90.9 Å². The molecule has 0 rings (SSSR count). The van der Waals surface area contributed by atoms with Crippen LogP contribution in [0.15, 0.2) is 0 Å². The largest absolute Gasteiger partial charge is 0.466 e. The molecule has 0 aromatic rings. The van der Waals surface area contributed by atoms with E-state index in [0.717, 1.165) is 6.42 Å². The molecule has 0 aliphatic heterocycles. The van der Waals surface area contributed by atoms with E-state index in [2.05, 4.69) is 0 Å². The number of hydrogen-bond donors (Lipinski definition) is 0. The number of ether oxygens (including phenoxy) is 2. The molecule has 0 aliphatic carbocycles. The van der Waals surface area contributed by atoms with Gasteiger partial charge in [0.2, 0.25) is 0 Å². The van der Waals surface area contributed by atoms with Crippen molar-refractivity contribution in [2.75, 3.05) is 6.61 Å². The monoisotopic (exact) mass is 216 g/mol. The Hall–Kier alpha value is -1.06. The van der Waals surface area contributed by atoms with Gasteiger partial charge in [0.25, 0.3) is 0 Å². The number of hydrogen-bond acceptors (Lipinski definition) is 4. The Morgan fingerprint density at radius 3 is 2.33 bits per heavy atom. The maximum Gasteiger partial charge on any atom is 0.306 e. The van der Waals surface area contributed by atoms with Crippen molar-refractivity contribution in [1.82, 2.24) is 0 Å². The smallest absolute Gasteiger partial charge is 0.306 e. The van der Waals surface area contributed by atoms with E-state index in [-0.39, 0.29) is 25.0 Å². The van der Waals surface area contributed by atoms with Crippen LogP contribution >= 0.6 is 0 Å². The summed E-state index contributed by atoms with van der Waals surface area (Å²) in [6, 6.07) is 0. The van der Waals surface area contributed by atoms with Gasteiger partial charge in [-0.05, 0) is 26.7 Å². The zero-order chi connectivity index (χ0) is 11.9. The van der Waals surface area contributed by atoms with E-state index in [1.165, 1.54) is 6.92 Å². The molecule has 0 unspecified atom stereocenters. The van der Waals surface area contributed by atoms with Crippen LogP contribution in [0.1, 0.15) is 47.0 Å². The van der Waals surface area contributed by atoms with Crippen LogP contribution in [0, 0.1) is 0 Å². The van der Waals surface area contributed by atoms with Gasteiger partial charge in [0.1, 0.15) is 5.60 Å². The summed E-state index contributed by atoms with van der Waals surface area (Å²) < 4.78 is 9.92. The van der Waals surface area contributed by atoms with Gasteiger partial charge in [0.15, 0.2) is 0 Å². The summed E-state index contributed by atoms with van der Waals surface area (Å²) in [5.74, 6) is -0.564. The Balaban J connectivity index is 3.62. The molecule has 0 heterocycles. The summed E-state index contributed by atoms with van der Waals surface area (Å²) in [6.07, 6.45) is 1.58. The van der Waals surface area contributed by atoms with Gasteiger partial charge in [0, 0.05) is 13.3 Å². The van der Waals surface area contributed by atoms with Gasteiger partial charge in [-0.25, -0.2) is 0 Å². The lowest BCUT2D eigenvalue weighted by Crippen LogP contribution is -2.27. The lowest BCUT2D eigenvalue weighted by Gasteiger charge is -2.23. The average molecular weight is 216 g/mol. The van der Waals surface area contributed by atoms with E-state index in [9.17, 15) is 9.59 Å². The molecule has 0 N–H and O–H groups in total. The third-order valence-electron chi connectivity index (χ3n) is 2.07. The maximum atomic E-state index is 11.3. The van der Waals surface area contributed by atoms with E-state index in [0.29, 0.717) is 6.42 Å². The third-order valence-corrected chi connectivity index (χ3v) is 2.07. The van der Waals surface area contributed by atoms with Crippen LogP contribution in [0.25, 0.3) is 0 Å². The molecule has 0 bridgehead atoms. The maximum absolute atomic E-state index is 11.3. The van der Waals surface area contributed by atoms with E-state index in [1.807, 2.05) is 20.8 Å². The Morgan fingerprint density at radius 2 is 1.87 bits per heavy atom. The number of esters is 2. The topological polar surface area (TPSA) is 52.6 Å². The molecule has 0 aromatic heterocycles. The Bertz CT molecular complexity index is 221. The highest BCUT2D eigenvalue weighted by molar-refractivity contribution is 5.70. The van der Waals surface area contributed by atoms with Crippen molar-refractivity contribution in [1.29, 1.82) is 0 Å². The Morgan fingerprint density at radius 1 is 1.27 bits per heavy atom. The van der Waals surface area contributed by atoms with Crippen molar-refractivity contribution < 1.29 is 19.1 Å². The summed E-state index contributed by atoms with van der Waals surface area (Å²) >= 11 is 0.